The lowest BCUT2D eigenvalue weighted by Crippen LogP contribution is -2.61. The minimum atomic E-state index is -5.08. The van der Waals surface area contributed by atoms with Gasteiger partial charge in [0.2, 0.25) is 29.5 Å². The van der Waals surface area contributed by atoms with Gasteiger partial charge in [0.1, 0.15) is 24.2 Å². The number of halogens is 3. The number of guanidine groups is 1. The summed E-state index contributed by atoms with van der Waals surface area (Å²) in [5, 5.41) is 27.6. The number of carbonyl (C=O) groups excluding carboxylic acids is 5. The van der Waals surface area contributed by atoms with Gasteiger partial charge in [0.05, 0.1) is 12.8 Å². The summed E-state index contributed by atoms with van der Waals surface area (Å²) in [4.78, 5) is 94.8. The first-order valence-corrected chi connectivity index (χ1v) is 20.1. The number of nitrogens with one attached hydrogen (secondary N) is 4. The second-order valence-electron chi connectivity index (χ2n) is 15.0. The molecule has 2 aliphatic heterocycles. The van der Waals surface area contributed by atoms with E-state index in [0.717, 1.165) is 16.7 Å². The zero-order valence-corrected chi connectivity index (χ0v) is 34.1. The van der Waals surface area contributed by atoms with Gasteiger partial charge in [0, 0.05) is 19.1 Å². The second kappa shape index (κ2) is 23.3. The molecule has 5 rings (SSSR count). The predicted molar refractivity (Wildman–Crippen MR) is 222 cm³/mol. The Balaban J connectivity index is 0.00000115. The zero-order chi connectivity index (χ0) is 46.1. The molecule has 2 aliphatic rings. The van der Waals surface area contributed by atoms with Crippen LogP contribution in [0.1, 0.15) is 55.2 Å². The Morgan fingerprint density at radius 2 is 1.37 bits per heavy atom. The number of piperidine rings is 1. The SMILES string of the molecule is NC(N)=NCCC[C@H](NC(=O)[C@@H]1C[C@@H](Cc2ccccc2)C2CC[C@@H](NC(=O)Cc3ccccc3)C(=O)N21)C(=O)N[C@H](CC(=O)O)C(=O)NCc1ccccc1.O=C(O)C(F)(F)F. The van der Waals surface area contributed by atoms with Crippen molar-refractivity contribution in [3.63, 3.8) is 0 Å². The van der Waals surface area contributed by atoms with Gasteiger partial charge in [0.15, 0.2) is 5.96 Å². The number of carbonyl (C=O) groups is 7. The van der Waals surface area contributed by atoms with E-state index >= 15 is 0 Å². The van der Waals surface area contributed by atoms with Crippen molar-refractivity contribution in [2.75, 3.05) is 6.54 Å². The van der Waals surface area contributed by atoms with Crippen molar-refractivity contribution >= 4 is 47.4 Å². The normalized spacial score (nSPS) is 18.8. The Hall–Kier alpha value is -6.99. The van der Waals surface area contributed by atoms with Crippen molar-refractivity contribution < 1.29 is 56.9 Å². The maximum absolute atomic E-state index is 14.3. The van der Waals surface area contributed by atoms with Gasteiger partial charge in [-0.15, -0.1) is 0 Å². The molecule has 1 unspecified atom stereocenters. The van der Waals surface area contributed by atoms with Gasteiger partial charge in [-0.05, 0) is 61.1 Å². The molecule has 2 fully saturated rings. The molecular formula is C43H51F3N8O9. The van der Waals surface area contributed by atoms with Crippen LogP contribution in [0.2, 0.25) is 0 Å². The predicted octanol–water partition coefficient (Wildman–Crippen LogP) is 1.78. The Kier molecular flexibility index (Phi) is 18.0. The molecular weight excluding hydrogens is 830 g/mol. The molecule has 2 heterocycles. The second-order valence-corrected chi connectivity index (χ2v) is 15.0. The summed E-state index contributed by atoms with van der Waals surface area (Å²) in [7, 11) is 0. The molecule has 0 spiro atoms. The molecule has 0 aliphatic carbocycles. The number of alkyl halides is 3. The first kappa shape index (κ1) is 48.7. The largest absolute Gasteiger partial charge is 0.490 e. The van der Waals surface area contributed by atoms with E-state index < -0.39 is 66.4 Å². The number of hydrogen-bond acceptors (Lipinski definition) is 8. The number of fused-ring (bicyclic) bond motifs is 1. The minimum absolute atomic E-state index is 0.0372. The van der Waals surface area contributed by atoms with Crippen LogP contribution in [0.25, 0.3) is 0 Å². The van der Waals surface area contributed by atoms with Gasteiger partial charge in [-0.1, -0.05) is 91.0 Å². The van der Waals surface area contributed by atoms with E-state index in [-0.39, 0.29) is 62.1 Å². The quantitative estimate of drug-likeness (QED) is 0.0518. The van der Waals surface area contributed by atoms with E-state index in [1.54, 1.807) is 29.2 Å². The molecule has 3 aromatic rings. The van der Waals surface area contributed by atoms with Crippen LogP contribution in [0, 0.1) is 5.92 Å². The number of rotatable bonds is 18. The highest BCUT2D eigenvalue weighted by molar-refractivity contribution is 5.97. The Morgan fingerprint density at radius 3 is 1.92 bits per heavy atom. The number of nitrogens with zero attached hydrogens (tertiary/aromatic N) is 2. The first-order chi connectivity index (χ1) is 29.9. The number of carboxylic acids is 2. The number of nitrogens with two attached hydrogens (primary N) is 2. The Bertz CT molecular complexity index is 2070. The fraction of sp³-hybridized carbons (Fsp3) is 0.395. The molecule has 20 heteroatoms. The van der Waals surface area contributed by atoms with Crippen molar-refractivity contribution in [3.05, 3.63) is 108 Å². The Morgan fingerprint density at radius 1 is 0.794 bits per heavy atom. The van der Waals surface area contributed by atoms with Crippen molar-refractivity contribution in [1.29, 1.82) is 0 Å². The van der Waals surface area contributed by atoms with Gasteiger partial charge in [-0.2, -0.15) is 13.2 Å². The summed E-state index contributed by atoms with van der Waals surface area (Å²) in [6.45, 7) is 0.243. The average Bonchev–Trinajstić information content (AvgIpc) is 3.61. The third-order valence-electron chi connectivity index (χ3n) is 10.4. The molecule has 2 saturated heterocycles. The van der Waals surface area contributed by atoms with Gasteiger partial charge in [-0.3, -0.25) is 33.8 Å². The molecule has 0 radical (unpaired) electrons. The third-order valence-corrected chi connectivity index (χ3v) is 10.4. The first-order valence-electron chi connectivity index (χ1n) is 20.1. The van der Waals surface area contributed by atoms with Crippen LogP contribution in [0.5, 0.6) is 0 Å². The summed E-state index contributed by atoms with van der Waals surface area (Å²) < 4.78 is 31.7. The van der Waals surface area contributed by atoms with Crippen LogP contribution in [-0.2, 0) is 52.9 Å². The monoisotopic (exact) mass is 880 g/mol. The third kappa shape index (κ3) is 15.5. The van der Waals surface area contributed by atoms with Crippen molar-refractivity contribution in [2.24, 2.45) is 22.4 Å². The summed E-state index contributed by atoms with van der Waals surface area (Å²) >= 11 is 0. The van der Waals surface area contributed by atoms with Gasteiger partial charge < -0.3 is 47.8 Å². The molecule has 0 saturated carbocycles. The lowest BCUT2D eigenvalue weighted by Gasteiger charge is -2.39. The summed E-state index contributed by atoms with van der Waals surface area (Å²) in [5.74, 6) is -7.06. The van der Waals surface area contributed by atoms with Gasteiger partial charge in [0.25, 0.3) is 0 Å². The lowest BCUT2D eigenvalue weighted by atomic mass is 9.86. The van der Waals surface area contributed by atoms with E-state index in [2.05, 4.69) is 26.3 Å². The molecule has 3 aromatic carbocycles. The van der Waals surface area contributed by atoms with E-state index in [0.29, 0.717) is 25.7 Å². The van der Waals surface area contributed by atoms with Gasteiger partial charge in [-0.25, -0.2) is 4.79 Å². The standard InChI is InChI=1S/C41H50N8O7.C2HF3O2/c42-41(43)44-20-10-17-30(38(54)48-32(24-36(51)52)37(53)45-25-28-15-8-3-9-16-28)47-39(55)34-23-29(21-26-11-4-1-5-12-26)33-19-18-31(40(56)49(33)34)46-35(50)22-27-13-6-2-7-14-27;3-2(4,5)1(6)7/h1-9,11-16,29-34H,10,17-25H2,(H,45,53)(H,46,50)(H,47,55)(H,48,54)(H,51,52)(H4,42,43,44);(H,6,7)/t29-,30+,31-,32-,33?,34+;/m1./s1. The number of benzene rings is 3. The number of amides is 5. The fourth-order valence-electron chi connectivity index (χ4n) is 7.48. The Labute approximate surface area is 360 Å². The lowest BCUT2D eigenvalue weighted by molar-refractivity contribution is -0.192. The molecule has 17 nitrogen and oxygen atoms in total. The van der Waals surface area contributed by atoms with Crippen molar-refractivity contribution in [2.45, 2.75) is 94.3 Å². The minimum Gasteiger partial charge on any atom is -0.481 e. The van der Waals surface area contributed by atoms with Crippen LogP contribution in [0.15, 0.2) is 96.0 Å². The maximum atomic E-state index is 14.3. The zero-order valence-electron chi connectivity index (χ0n) is 34.1. The van der Waals surface area contributed by atoms with Crippen molar-refractivity contribution in [3.8, 4) is 0 Å². The molecule has 10 N–H and O–H groups in total. The summed E-state index contributed by atoms with van der Waals surface area (Å²) in [6.07, 6.45) is -3.51. The maximum Gasteiger partial charge on any atom is 0.490 e. The molecule has 5 amide bonds. The van der Waals surface area contributed by atoms with Crippen LogP contribution in [0.3, 0.4) is 0 Å². The molecule has 338 valence electrons. The molecule has 0 bridgehead atoms. The molecule has 63 heavy (non-hydrogen) atoms. The summed E-state index contributed by atoms with van der Waals surface area (Å²) in [6, 6.07) is 23.2. The molecule has 0 aromatic heterocycles. The average molecular weight is 881 g/mol. The highest BCUT2D eigenvalue weighted by Crippen LogP contribution is 2.39. The van der Waals surface area contributed by atoms with Gasteiger partial charge >= 0.3 is 18.1 Å². The van der Waals surface area contributed by atoms with Crippen LogP contribution in [0.4, 0.5) is 13.2 Å². The smallest absolute Gasteiger partial charge is 0.481 e. The summed E-state index contributed by atoms with van der Waals surface area (Å²) in [5.41, 5.74) is 13.6. The number of aliphatic carboxylic acids is 2. The van der Waals surface area contributed by atoms with E-state index in [1.165, 1.54) is 0 Å². The molecule has 6 atom stereocenters. The highest BCUT2D eigenvalue weighted by atomic mass is 19.4. The number of carboxylic acid groups (broad SMARTS) is 2. The topological polar surface area (TPSA) is 276 Å². The van der Waals surface area contributed by atoms with E-state index in [1.807, 2.05) is 66.7 Å². The highest BCUT2D eigenvalue weighted by Gasteiger charge is 2.51. The number of hydrogen-bond donors (Lipinski definition) is 8. The van der Waals surface area contributed by atoms with Crippen molar-refractivity contribution in [1.82, 2.24) is 26.2 Å². The fourth-order valence-corrected chi connectivity index (χ4v) is 7.48. The van der Waals surface area contributed by atoms with E-state index in [4.69, 9.17) is 21.4 Å². The van der Waals surface area contributed by atoms with Crippen LogP contribution in [-0.4, -0.2) is 105 Å². The number of aliphatic imine (C=N–C) groups is 1. The van der Waals surface area contributed by atoms with E-state index in [9.17, 15) is 47.0 Å². The van der Waals surface area contributed by atoms with Crippen LogP contribution >= 0.6 is 0 Å². The van der Waals surface area contributed by atoms with Crippen LogP contribution < -0.4 is 32.7 Å².